The molecule has 0 fully saturated rings. The standard InChI is InChI=1S/C11H11F12NO/c1-6(2,3)24-5(25)8(16,17)10(20,21)11(22,23)9(18,19)7(14,15)4(12)13/h4H,1-3H3,(H,24,25). The summed E-state index contributed by atoms with van der Waals surface area (Å²) in [7, 11) is 0. The van der Waals surface area contributed by atoms with Gasteiger partial charge in [0.2, 0.25) is 0 Å². The summed E-state index contributed by atoms with van der Waals surface area (Å²) in [4.78, 5) is 11.0. The number of alkyl halides is 12. The van der Waals surface area contributed by atoms with E-state index < -0.39 is 47.5 Å². The maximum absolute atomic E-state index is 13.3. The number of carbonyl (C=O) groups is 1. The van der Waals surface area contributed by atoms with E-state index in [9.17, 15) is 57.5 Å². The molecule has 0 unspecified atom stereocenters. The van der Waals surface area contributed by atoms with Crippen LogP contribution >= 0.6 is 0 Å². The fourth-order valence-corrected chi connectivity index (χ4v) is 1.30. The monoisotopic (exact) mass is 401 g/mol. The molecule has 0 bridgehead atoms. The van der Waals surface area contributed by atoms with E-state index in [4.69, 9.17) is 0 Å². The minimum absolute atomic E-state index is 0.914. The van der Waals surface area contributed by atoms with Crippen LogP contribution in [0.25, 0.3) is 0 Å². The zero-order valence-corrected chi connectivity index (χ0v) is 12.5. The van der Waals surface area contributed by atoms with E-state index >= 15 is 0 Å². The van der Waals surface area contributed by atoms with Crippen molar-refractivity contribution in [2.75, 3.05) is 0 Å². The number of rotatable bonds is 6. The summed E-state index contributed by atoms with van der Waals surface area (Å²) in [6.45, 7) is 2.74. The second kappa shape index (κ2) is 6.11. The second-order valence-electron chi connectivity index (χ2n) is 5.93. The van der Waals surface area contributed by atoms with Gasteiger partial charge in [-0.05, 0) is 20.8 Å². The molecule has 1 amide bonds. The molecule has 0 atom stereocenters. The van der Waals surface area contributed by atoms with E-state index in [1.54, 1.807) is 0 Å². The highest BCUT2D eigenvalue weighted by Crippen LogP contribution is 2.58. The lowest BCUT2D eigenvalue weighted by molar-refractivity contribution is -0.407. The lowest BCUT2D eigenvalue weighted by Gasteiger charge is -2.39. The minimum atomic E-state index is -7.71. The lowest BCUT2D eigenvalue weighted by Crippen LogP contribution is -2.71. The van der Waals surface area contributed by atoms with Gasteiger partial charge < -0.3 is 5.32 Å². The van der Waals surface area contributed by atoms with Gasteiger partial charge in [-0.15, -0.1) is 0 Å². The summed E-state index contributed by atoms with van der Waals surface area (Å²) in [6, 6.07) is 0. The van der Waals surface area contributed by atoms with Crippen molar-refractivity contribution >= 4 is 5.91 Å². The third-order valence-corrected chi connectivity index (χ3v) is 2.65. The number of hydrogen-bond donors (Lipinski definition) is 1. The molecule has 0 aromatic heterocycles. The molecular formula is C11H11F12NO. The predicted octanol–water partition coefficient (Wildman–Crippen LogP) is 4.34. The molecule has 0 radical (unpaired) electrons. The summed E-state index contributed by atoms with van der Waals surface area (Å²) in [5, 5.41) is 1.07. The fourth-order valence-electron chi connectivity index (χ4n) is 1.30. The van der Waals surface area contributed by atoms with Crippen molar-refractivity contribution in [3.8, 4) is 0 Å². The molecule has 0 aliphatic rings. The van der Waals surface area contributed by atoms with Gasteiger partial charge in [-0.2, -0.15) is 43.9 Å². The van der Waals surface area contributed by atoms with Crippen LogP contribution in [0.2, 0.25) is 0 Å². The predicted molar refractivity (Wildman–Crippen MR) is 58.6 cm³/mol. The first-order valence-electron chi connectivity index (χ1n) is 6.07. The highest BCUT2D eigenvalue weighted by molar-refractivity contribution is 5.85. The number of nitrogens with one attached hydrogen (secondary N) is 1. The van der Waals surface area contributed by atoms with Gasteiger partial charge in [0.25, 0.3) is 5.91 Å². The molecule has 0 spiro atoms. The van der Waals surface area contributed by atoms with Crippen LogP contribution < -0.4 is 5.32 Å². The zero-order chi connectivity index (χ0) is 20.9. The summed E-state index contributed by atoms with van der Waals surface area (Å²) in [6.07, 6.45) is -5.58. The highest BCUT2D eigenvalue weighted by Gasteiger charge is 2.89. The van der Waals surface area contributed by atoms with Gasteiger partial charge in [-0.3, -0.25) is 4.79 Å². The topological polar surface area (TPSA) is 29.1 Å². The highest BCUT2D eigenvalue weighted by atomic mass is 19.4. The third-order valence-electron chi connectivity index (χ3n) is 2.65. The van der Waals surface area contributed by atoms with Crippen LogP contribution in [0, 0.1) is 0 Å². The van der Waals surface area contributed by atoms with E-state index in [1.807, 2.05) is 0 Å². The van der Waals surface area contributed by atoms with Crippen LogP contribution in [0.4, 0.5) is 52.7 Å². The Bertz CT molecular complexity index is 508. The van der Waals surface area contributed by atoms with Gasteiger partial charge >= 0.3 is 36.0 Å². The average molecular weight is 401 g/mol. The maximum atomic E-state index is 13.3. The van der Waals surface area contributed by atoms with Gasteiger partial charge in [-0.25, -0.2) is 8.78 Å². The Balaban J connectivity index is 6.16. The van der Waals surface area contributed by atoms with Gasteiger partial charge in [0.1, 0.15) is 0 Å². The van der Waals surface area contributed by atoms with E-state index in [0.717, 1.165) is 26.1 Å². The Morgan fingerprint density at radius 1 is 0.720 bits per heavy atom. The number of halogens is 12. The van der Waals surface area contributed by atoms with E-state index in [-0.39, 0.29) is 0 Å². The molecule has 0 aromatic rings. The molecule has 0 aliphatic heterocycles. The molecule has 150 valence electrons. The second-order valence-corrected chi connectivity index (χ2v) is 5.93. The van der Waals surface area contributed by atoms with Gasteiger partial charge in [0.15, 0.2) is 0 Å². The van der Waals surface area contributed by atoms with Crippen LogP contribution in [0.5, 0.6) is 0 Å². The Hall–Kier alpha value is -1.37. The number of amides is 1. The van der Waals surface area contributed by atoms with Crippen molar-refractivity contribution in [1.82, 2.24) is 5.32 Å². The van der Waals surface area contributed by atoms with Crippen LogP contribution in [0.3, 0.4) is 0 Å². The molecule has 0 saturated carbocycles. The van der Waals surface area contributed by atoms with Crippen LogP contribution in [-0.4, -0.2) is 47.5 Å². The average Bonchev–Trinajstić information content (AvgIpc) is 2.35. The molecule has 14 heteroatoms. The van der Waals surface area contributed by atoms with E-state index in [1.165, 1.54) is 0 Å². The quantitative estimate of drug-likeness (QED) is 0.660. The normalized spacial score (nSPS) is 15.5. The molecule has 0 aliphatic carbocycles. The Morgan fingerprint density at radius 2 is 1.08 bits per heavy atom. The molecular weight excluding hydrogens is 390 g/mol. The van der Waals surface area contributed by atoms with Crippen molar-refractivity contribution in [3.63, 3.8) is 0 Å². The summed E-state index contributed by atoms with van der Waals surface area (Å²) in [5.41, 5.74) is -1.73. The smallest absolute Gasteiger partial charge is 0.346 e. The molecule has 1 N–H and O–H groups in total. The largest absolute Gasteiger partial charge is 0.392 e. The molecule has 0 rings (SSSR count). The maximum Gasteiger partial charge on any atom is 0.392 e. The Kier molecular flexibility index (Phi) is 5.77. The molecule has 0 heterocycles. The number of carbonyl (C=O) groups excluding carboxylic acids is 1. The molecule has 2 nitrogen and oxygen atoms in total. The fraction of sp³-hybridized carbons (Fsp3) is 0.909. The molecule has 25 heavy (non-hydrogen) atoms. The molecule has 0 aromatic carbocycles. The van der Waals surface area contributed by atoms with E-state index in [2.05, 4.69) is 0 Å². The van der Waals surface area contributed by atoms with Gasteiger partial charge in [0.05, 0.1) is 0 Å². The van der Waals surface area contributed by atoms with Gasteiger partial charge in [-0.1, -0.05) is 0 Å². The molecule has 0 saturated heterocycles. The van der Waals surface area contributed by atoms with Gasteiger partial charge in [0, 0.05) is 5.54 Å². The van der Waals surface area contributed by atoms with Crippen LogP contribution in [-0.2, 0) is 4.79 Å². The van der Waals surface area contributed by atoms with Crippen molar-refractivity contribution in [3.05, 3.63) is 0 Å². The van der Waals surface area contributed by atoms with Crippen LogP contribution in [0.1, 0.15) is 20.8 Å². The van der Waals surface area contributed by atoms with Crippen molar-refractivity contribution in [1.29, 1.82) is 0 Å². The minimum Gasteiger partial charge on any atom is -0.346 e. The van der Waals surface area contributed by atoms with Crippen molar-refractivity contribution in [2.24, 2.45) is 0 Å². The first-order valence-corrected chi connectivity index (χ1v) is 6.07. The lowest BCUT2D eigenvalue weighted by atomic mass is 9.93. The van der Waals surface area contributed by atoms with E-state index in [0.29, 0.717) is 0 Å². The summed E-state index contributed by atoms with van der Waals surface area (Å²) >= 11 is 0. The van der Waals surface area contributed by atoms with Crippen LogP contribution in [0.15, 0.2) is 0 Å². The first kappa shape index (κ1) is 23.6. The number of hydrogen-bond acceptors (Lipinski definition) is 1. The first-order chi connectivity index (χ1) is 10.6. The SMILES string of the molecule is CC(C)(C)NC(=O)C(F)(F)C(F)(F)C(F)(F)C(F)(F)C(F)(F)C(F)F. The third kappa shape index (κ3) is 3.61. The van der Waals surface area contributed by atoms with Crippen molar-refractivity contribution in [2.45, 2.75) is 62.3 Å². The van der Waals surface area contributed by atoms with Crippen molar-refractivity contribution < 1.29 is 57.5 Å². The zero-order valence-electron chi connectivity index (χ0n) is 12.5. The summed E-state index contributed by atoms with van der Waals surface area (Å²) < 4.78 is 154. The summed E-state index contributed by atoms with van der Waals surface area (Å²) in [5.74, 6) is -39.7. The Morgan fingerprint density at radius 3 is 1.36 bits per heavy atom. The Labute approximate surface area is 132 Å².